The number of amides is 1. The molecule has 0 fully saturated rings. The third-order valence-electron chi connectivity index (χ3n) is 6.21. The van der Waals surface area contributed by atoms with Crippen LogP contribution in [-0.4, -0.2) is 42.6 Å². The number of aryl methyl sites for hydroxylation is 1. The average Bonchev–Trinajstić information content (AvgIpc) is 2.88. The van der Waals surface area contributed by atoms with Crippen LogP contribution < -0.4 is 9.47 Å². The number of carboxylic acids is 1. The second-order valence-corrected chi connectivity index (χ2v) is 8.92. The predicted octanol–water partition coefficient (Wildman–Crippen LogP) is 5.93. The molecule has 0 aromatic heterocycles. The number of carbonyl (C=O) groups is 2. The van der Waals surface area contributed by atoms with Crippen LogP contribution in [0, 0.1) is 6.92 Å². The number of carbonyl (C=O) groups excluding carboxylic acids is 1. The molecule has 0 heterocycles. The number of aliphatic carboxylic acids is 1. The van der Waals surface area contributed by atoms with Gasteiger partial charge in [-0.25, -0.2) is 0 Å². The van der Waals surface area contributed by atoms with Crippen molar-refractivity contribution >= 4 is 11.9 Å². The third-order valence-corrected chi connectivity index (χ3v) is 6.21. The summed E-state index contributed by atoms with van der Waals surface area (Å²) in [5.41, 5.74) is 2.63. The number of rotatable bonds is 11. The molecule has 3 rings (SSSR count). The van der Waals surface area contributed by atoms with Crippen molar-refractivity contribution in [2.45, 2.75) is 38.9 Å². The zero-order chi connectivity index (χ0) is 27.9. The molecule has 0 unspecified atom stereocenters. The molecule has 202 valence electrons. The van der Waals surface area contributed by atoms with E-state index < -0.39 is 17.7 Å². The van der Waals surface area contributed by atoms with Gasteiger partial charge in [0.1, 0.15) is 11.5 Å². The highest BCUT2D eigenvalue weighted by Crippen LogP contribution is 2.31. The molecule has 9 heteroatoms. The van der Waals surface area contributed by atoms with Crippen LogP contribution >= 0.6 is 0 Å². The molecular weight excluding hydrogens is 499 g/mol. The molecule has 0 saturated carbocycles. The Morgan fingerprint density at radius 2 is 1.39 bits per heavy atom. The Morgan fingerprint density at radius 3 is 1.89 bits per heavy atom. The lowest BCUT2D eigenvalue weighted by atomic mass is 10.0. The van der Waals surface area contributed by atoms with Crippen molar-refractivity contribution in [2.24, 2.45) is 0 Å². The van der Waals surface area contributed by atoms with Crippen molar-refractivity contribution in [3.05, 3.63) is 94.0 Å². The third kappa shape index (κ3) is 7.50. The molecule has 38 heavy (non-hydrogen) atoms. The lowest BCUT2D eigenvalue weighted by Crippen LogP contribution is -2.32. The first-order valence-electron chi connectivity index (χ1n) is 12.0. The lowest BCUT2D eigenvalue weighted by molar-refractivity contribution is -0.138. The van der Waals surface area contributed by atoms with Gasteiger partial charge in [0.2, 0.25) is 0 Å². The summed E-state index contributed by atoms with van der Waals surface area (Å²) in [5, 5.41) is 9.00. The van der Waals surface area contributed by atoms with Gasteiger partial charge < -0.3 is 19.5 Å². The zero-order valence-electron chi connectivity index (χ0n) is 21.5. The summed E-state index contributed by atoms with van der Waals surface area (Å²) in [6, 6.07) is 15.3. The topological polar surface area (TPSA) is 76.1 Å². The number of carboxylic acid groups (broad SMARTS) is 1. The van der Waals surface area contributed by atoms with Gasteiger partial charge in [0, 0.05) is 24.2 Å². The fraction of sp³-hybridized carbons (Fsp3) is 0.310. The molecule has 0 spiro atoms. The minimum Gasteiger partial charge on any atom is -0.496 e. The number of methoxy groups -OCH3 is 2. The second kappa shape index (κ2) is 12.5. The van der Waals surface area contributed by atoms with E-state index in [0.717, 1.165) is 28.8 Å². The molecule has 6 nitrogen and oxygen atoms in total. The van der Waals surface area contributed by atoms with E-state index in [4.69, 9.17) is 14.6 Å². The van der Waals surface area contributed by atoms with E-state index >= 15 is 0 Å². The van der Waals surface area contributed by atoms with Gasteiger partial charge in [-0.05, 0) is 60.7 Å². The largest absolute Gasteiger partial charge is 0.496 e. The van der Waals surface area contributed by atoms with Crippen molar-refractivity contribution in [3.8, 4) is 11.5 Å². The van der Waals surface area contributed by atoms with Crippen molar-refractivity contribution in [1.82, 2.24) is 4.90 Å². The molecule has 3 aromatic rings. The van der Waals surface area contributed by atoms with Gasteiger partial charge >= 0.3 is 12.1 Å². The van der Waals surface area contributed by atoms with Gasteiger partial charge in [-0.15, -0.1) is 0 Å². The van der Waals surface area contributed by atoms with Crippen molar-refractivity contribution in [2.75, 3.05) is 20.8 Å². The van der Waals surface area contributed by atoms with Gasteiger partial charge in [-0.2, -0.15) is 13.2 Å². The molecule has 0 aliphatic carbocycles. The smallest absolute Gasteiger partial charge is 0.416 e. The van der Waals surface area contributed by atoms with Crippen LogP contribution in [0.15, 0.2) is 60.7 Å². The number of alkyl halides is 3. The second-order valence-electron chi connectivity index (χ2n) is 8.92. The first kappa shape index (κ1) is 28.6. The molecule has 0 radical (unpaired) electrons. The fourth-order valence-electron chi connectivity index (χ4n) is 4.14. The lowest BCUT2D eigenvalue weighted by Gasteiger charge is -2.24. The summed E-state index contributed by atoms with van der Waals surface area (Å²) < 4.78 is 49.4. The average molecular weight is 530 g/mol. The minimum atomic E-state index is -4.39. The summed E-state index contributed by atoms with van der Waals surface area (Å²) >= 11 is 0. The molecule has 1 amide bonds. The zero-order valence-corrected chi connectivity index (χ0v) is 21.5. The van der Waals surface area contributed by atoms with Gasteiger partial charge in [-0.3, -0.25) is 9.59 Å². The highest BCUT2D eigenvalue weighted by Gasteiger charge is 2.30. The van der Waals surface area contributed by atoms with Crippen LogP contribution in [0.4, 0.5) is 13.2 Å². The molecule has 1 N–H and O–H groups in total. The summed E-state index contributed by atoms with van der Waals surface area (Å²) in [4.78, 5) is 26.3. The van der Waals surface area contributed by atoms with Crippen LogP contribution in [0.1, 0.15) is 44.6 Å². The number of ether oxygens (including phenoxy) is 2. The quantitative estimate of drug-likeness (QED) is 0.333. The molecule has 0 atom stereocenters. The molecular formula is C29H30F3NO5. The van der Waals surface area contributed by atoms with Crippen molar-refractivity contribution in [1.29, 1.82) is 0 Å². The van der Waals surface area contributed by atoms with Crippen LogP contribution in [0.5, 0.6) is 11.5 Å². The van der Waals surface area contributed by atoms with E-state index in [1.165, 1.54) is 26.4 Å². The van der Waals surface area contributed by atoms with Gasteiger partial charge in [0.25, 0.3) is 5.91 Å². The number of halogens is 3. The van der Waals surface area contributed by atoms with E-state index in [1.54, 1.807) is 41.3 Å². The van der Waals surface area contributed by atoms with Gasteiger partial charge in [-0.1, -0.05) is 36.4 Å². The van der Waals surface area contributed by atoms with E-state index in [0.29, 0.717) is 42.0 Å². The maximum absolute atomic E-state index is 13.6. The Labute approximate surface area is 219 Å². The number of nitrogens with zero attached hydrogens (tertiary/aromatic N) is 1. The van der Waals surface area contributed by atoms with E-state index in [9.17, 15) is 22.8 Å². The summed E-state index contributed by atoms with van der Waals surface area (Å²) in [6.07, 6.45) is -3.48. The highest BCUT2D eigenvalue weighted by atomic mass is 19.4. The summed E-state index contributed by atoms with van der Waals surface area (Å²) in [6.45, 7) is 2.43. The Balaban J connectivity index is 1.81. The Kier molecular flexibility index (Phi) is 9.39. The predicted molar refractivity (Wildman–Crippen MR) is 137 cm³/mol. The summed E-state index contributed by atoms with van der Waals surface area (Å²) in [5.74, 6) is -0.172. The normalized spacial score (nSPS) is 11.2. The first-order chi connectivity index (χ1) is 18.0. The highest BCUT2D eigenvalue weighted by molar-refractivity contribution is 5.95. The van der Waals surface area contributed by atoms with E-state index in [1.807, 2.05) is 6.92 Å². The molecule has 0 aliphatic rings. The number of benzene rings is 3. The Hall–Kier alpha value is -4.01. The summed E-state index contributed by atoms with van der Waals surface area (Å²) in [7, 11) is 3.02. The Morgan fingerprint density at radius 1 is 0.868 bits per heavy atom. The van der Waals surface area contributed by atoms with Crippen LogP contribution in [0.2, 0.25) is 0 Å². The van der Waals surface area contributed by atoms with E-state index in [2.05, 4.69) is 0 Å². The molecule has 0 saturated heterocycles. The standard InChI is InChI=1S/C29H30F3NO5/c1-19-25(37-2)16-23(17-26(19)38-3)28(36)33(18-22-8-6-21(7-9-22)15-27(34)35)14-4-5-20-10-12-24(13-11-20)29(30,31)32/h6-13,16-17H,4-5,14-15,18H2,1-3H3,(H,34,35). The van der Waals surface area contributed by atoms with E-state index in [-0.39, 0.29) is 18.9 Å². The maximum Gasteiger partial charge on any atom is 0.416 e. The SMILES string of the molecule is COc1cc(C(=O)N(CCCc2ccc(C(F)(F)F)cc2)Cc2ccc(CC(=O)O)cc2)cc(OC)c1C. The van der Waals surface area contributed by atoms with Crippen LogP contribution in [0.25, 0.3) is 0 Å². The van der Waals surface area contributed by atoms with Crippen molar-refractivity contribution in [3.63, 3.8) is 0 Å². The first-order valence-corrected chi connectivity index (χ1v) is 12.0. The monoisotopic (exact) mass is 529 g/mol. The van der Waals surface area contributed by atoms with Crippen LogP contribution in [-0.2, 0) is 30.4 Å². The molecule has 0 bridgehead atoms. The van der Waals surface area contributed by atoms with Crippen LogP contribution in [0.3, 0.4) is 0 Å². The number of hydrogen-bond donors (Lipinski definition) is 1. The Bertz CT molecular complexity index is 1230. The minimum absolute atomic E-state index is 0.0982. The van der Waals surface area contributed by atoms with Gasteiger partial charge in [0.15, 0.2) is 0 Å². The van der Waals surface area contributed by atoms with Gasteiger partial charge in [0.05, 0.1) is 26.2 Å². The number of hydrogen-bond acceptors (Lipinski definition) is 4. The maximum atomic E-state index is 13.6. The molecule has 3 aromatic carbocycles. The fourth-order valence-corrected chi connectivity index (χ4v) is 4.14. The molecule has 0 aliphatic heterocycles. The van der Waals surface area contributed by atoms with Crippen molar-refractivity contribution < 1.29 is 37.3 Å².